The molecule has 1 aromatic carbocycles. The Hall–Kier alpha value is -2.04. The molecule has 118 valence electrons. The highest BCUT2D eigenvalue weighted by atomic mass is 16.5. The van der Waals surface area contributed by atoms with E-state index in [1.807, 2.05) is 18.2 Å². The summed E-state index contributed by atoms with van der Waals surface area (Å²) in [6.07, 6.45) is 3.44. The van der Waals surface area contributed by atoms with E-state index in [-0.39, 0.29) is 17.7 Å². The minimum atomic E-state index is -0.462. The quantitative estimate of drug-likeness (QED) is 0.909. The standard InChI is InChI=1S/C17H22N2O3/c1-3-4-9-19-14-10-13(18-16(20)12-5-6-12)7-8-15(14)22-11(2)17(19)21/h7-8,10-12H,3-6,9H2,1-2H3,(H,18,20). The molecule has 1 aromatic rings. The molecule has 1 heterocycles. The molecule has 22 heavy (non-hydrogen) atoms. The number of unbranched alkanes of at least 4 members (excludes halogenated alkanes) is 1. The number of carbonyl (C=O) groups excluding carboxylic acids is 2. The lowest BCUT2D eigenvalue weighted by Gasteiger charge is -2.33. The summed E-state index contributed by atoms with van der Waals surface area (Å²) in [5.74, 6) is 0.904. The Morgan fingerprint density at radius 1 is 1.41 bits per heavy atom. The number of nitrogens with zero attached hydrogens (tertiary/aromatic N) is 1. The molecule has 0 aromatic heterocycles. The Labute approximate surface area is 130 Å². The van der Waals surface area contributed by atoms with Crippen molar-refractivity contribution >= 4 is 23.2 Å². The summed E-state index contributed by atoms with van der Waals surface area (Å²) in [7, 11) is 0. The molecular weight excluding hydrogens is 280 g/mol. The summed E-state index contributed by atoms with van der Waals surface area (Å²) in [5.41, 5.74) is 1.48. The van der Waals surface area contributed by atoms with Crippen LogP contribution in [-0.4, -0.2) is 24.5 Å². The molecule has 0 bridgehead atoms. The van der Waals surface area contributed by atoms with Gasteiger partial charge in [0.05, 0.1) is 5.69 Å². The van der Waals surface area contributed by atoms with Crippen LogP contribution < -0.4 is 15.0 Å². The molecule has 0 radical (unpaired) electrons. The van der Waals surface area contributed by atoms with E-state index in [2.05, 4.69) is 12.2 Å². The highest BCUT2D eigenvalue weighted by molar-refractivity contribution is 6.01. The van der Waals surface area contributed by atoms with Crippen LogP contribution in [0.3, 0.4) is 0 Å². The zero-order valence-electron chi connectivity index (χ0n) is 13.1. The number of hydrogen-bond donors (Lipinski definition) is 1. The van der Waals surface area contributed by atoms with E-state index in [1.165, 1.54) is 0 Å². The Bertz CT molecular complexity index is 596. The lowest BCUT2D eigenvalue weighted by Crippen LogP contribution is -2.44. The predicted molar refractivity (Wildman–Crippen MR) is 85.1 cm³/mol. The van der Waals surface area contributed by atoms with Gasteiger partial charge in [-0.05, 0) is 44.4 Å². The normalized spacial score (nSPS) is 20.4. The van der Waals surface area contributed by atoms with E-state index in [9.17, 15) is 9.59 Å². The second kappa shape index (κ2) is 5.99. The van der Waals surface area contributed by atoms with Gasteiger partial charge in [-0.1, -0.05) is 13.3 Å². The Kier molecular flexibility index (Phi) is 4.05. The maximum absolute atomic E-state index is 12.4. The molecule has 1 aliphatic carbocycles. The van der Waals surface area contributed by atoms with Crippen molar-refractivity contribution in [2.45, 2.75) is 45.6 Å². The average Bonchev–Trinajstić information content (AvgIpc) is 3.33. The summed E-state index contributed by atoms with van der Waals surface area (Å²) in [6.45, 7) is 4.55. The molecule has 1 atom stereocenters. The smallest absolute Gasteiger partial charge is 0.267 e. The first-order valence-corrected chi connectivity index (χ1v) is 8.03. The minimum Gasteiger partial charge on any atom is -0.479 e. The van der Waals surface area contributed by atoms with Gasteiger partial charge < -0.3 is 15.0 Å². The molecule has 1 saturated carbocycles. The summed E-state index contributed by atoms with van der Waals surface area (Å²) in [4.78, 5) is 26.0. The van der Waals surface area contributed by atoms with Crippen molar-refractivity contribution in [3.05, 3.63) is 18.2 Å². The van der Waals surface area contributed by atoms with E-state index in [4.69, 9.17) is 4.74 Å². The lowest BCUT2D eigenvalue weighted by molar-refractivity contribution is -0.125. The van der Waals surface area contributed by atoms with Crippen molar-refractivity contribution in [1.82, 2.24) is 0 Å². The first-order valence-electron chi connectivity index (χ1n) is 8.03. The van der Waals surface area contributed by atoms with Crippen LogP contribution in [0.4, 0.5) is 11.4 Å². The maximum atomic E-state index is 12.4. The zero-order valence-corrected chi connectivity index (χ0v) is 13.1. The number of nitrogens with one attached hydrogen (secondary N) is 1. The molecule has 0 saturated heterocycles. The average molecular weight is 302 g/mol. The van der Waals surface area contributed by atoms with Crippen LogP contribution >= 0.6 is 0 Å². The monoisotopic (exact) mass is 302 g/mol. The number of anilines is 2. The van der Waals surface area contributed by atoms with Gasteiger partial charge in [0.25, 0.3) is 5.91 Å². The van der Waals surface area contributed by atoms with Gasteiger partial charge in [-0.25, -0.2) is 0 Å². The third kappa shape index (κ3) is 2.93. The zero-order chi connectivity index (χ0) is 15.7. The fourth-order valence-electron chi connectivity index (χ4n) is 2.62. The third-order valence-corrected chi connectivity index (χ3v) is 4.12. The van der Waals surface area contributed by atoms with Gasteiger partial charge in [-0.2, -0.15) is 0 Å². The van der Waals surface area contributed by atoms with Crippen molar-refractivity contribution in [3.8, 4) is 5.75 Å². The number of carbonyl (C=O) groups is 2. The molecule has 1 unspecified atom stereocenters. The van der Waals surface area contributed by atoms with Gasteiger partial charge in [0.2, 0.25) is 5.91 Å². The van der Waals surface area contributed by atoms with Crippen molar-refractivity contribution in [2.75, 3.05) is 16.8 Å². The van der Waals surface area contributed by atoms with Crippen LogP contribution in [0.15, 0.2) is 18.2 Å². The number of rotatable bonds is 5. The molecule has 5 heteroatoms. The summed E-state index contributed by atoms with van der Waals surface area (Å²) in [6, 6.07) is 5.51. The van der Waals surface area contributed by atoms with Gasteiger partial charge in [0, 0.05) is 18.2 Å². The van der Waals surface area contributed by atoms with E-state index in [0.717, 1.165) is 37.1 Å². The molecule has 3 rings (SSSR count). The van der Waals surface area contributed by atoms with Gasteiger partial charge in [-0.3, -0.25) is 9.59 Å². The van der Waals surface area contributed by atoms with Crippen molar-refractivity contribution in [1.29, 1.82) is 0 Å². The van der Waals surface area contributed by atoms with Gasteiger partial charge in [0.1, 0.15) is 5.75 Å². The van der Waals surface area contributed by atoms with E-state index in [1.54, 1.807) is 11.8 Å². The highest BCUT2D eigenvalue weighted by Gasteiger charge is 2.32. The number of fused-ring (bicyclic) bond motifs is 1. The van der Waals surface area contributed by atoms with Crippen molar-refractivity contribution in [3.63, 3.8) is 0 Å². The van der Waals surface area contributed by atoms with Crippen LogP contribution in [0.5, 0.6) is 5.75 Å². The second-order valence-corrected chi connectivity index (χ2v) is 6.05. The van der Waals surface area contributed by atoms with Crippen LogP contribution in [0, 0.1) is 5.92 Å². The van der Waals surface area contributed by atoms with Gasteiger partial charge in [-0.15, -0.1) is 0 Å². The first-order chi connectivity index (χ1) is 10.6. The molecule has 5 nitrogen and oxygen atoms in total. The molecule has 2 amide bonds. The number of ether oxygens (including phenoxy) is 1. The van der Waals surface area contributed by atoms with Crippen LogP contribution in [0.1, 0.15) is 39.5 Å². The van der Waals surface area contributed by atoms with Crippen molar-refractivity contribution < 1.29 is 14.3 Å². The summed E-state index contributed by atoms with van der Waals surface area (Å²) >= 11 is 0. The molecular formula is C17H22N2O3. The molecule has 1 fully saturated rings. The Morgan fingerprint density at radius 2 is 2.18 bits per heavy atom. The number of benzene rings is 1. The van der Waals surface area contributed by atoms with E-state index < -0.39 is 6.10 Å². The highest BCUT2D eigenvalue weighted by Crippen LogP contribution is 2.37. The van der Waals surface area contributed by atoms with Crippen LogP contribution in [-0.2, 0) is 9.59 Å². The molecule has 2 aliphatic rings. The second-order valence-electron chi connectivity index (χ2n) is 6.05. The van der Waals surface area contributed by atoms with Crippen LogP contribution in [0.2, 0.25) is 0 Å². The SMILES string of the molecule is CCCCN1C(=O)C(C)Oc2ccc(NC(=O)C3CC3)cc21. The van der Waals surface area contributed by atoms with Gasteiger partial charge in [0.15, 0.2) is 6.10 Å². The number of amides is 2. The van der Waals surface area contributed by atoms with Gasteiger partial charge >= 0.3 is 0 Å². The lowest BCUT2D eigenvalue weighted by atomic mass is 10.1. The largest absolute Gasteiger partial charge is 0.479 e. The minimum absolute atomic E-state index is 0.0216. The van der Waals surface area contributed by atoms with Crippen LogP contribution in [0.25, 0.3) is 0 Å². The summed E-state index contributed by atoms with van der Waals surface area (Å²) < 4.78 is 5.67. The molecule has 0 spiro atoms. The van der Waals surface area contributed by atoms with Crippen molar-refractivity contribution in [2.24, 2.45) is 5.92 Å². The Morgan fingerprint density at radius 3 is 2.86 bits per heavy atom. The van der Waals surface area contributed by atoms with E-state index in [0.29, 0.717) is 12.3 Å². The molecule has 1 N–H and O–H groups in total. The molecule has 1 aliphatic heterocycles. The topological polar surface area (TPSA) is 58.6 Å². The predicted octanol–water partition coefficient (Wildman–Crippen LogP) is 2.95. The van der Waals surface area contributed by atoms with E-state index >= 15 is 0 Å². The maximum Gasteiger partial charge on any atom is 0.267 e. The fraction of sp³-hybridized carbons (Fsp3) is 0.529. The first kappa shape index (κ1) is 14.9. The number of hydrogen-bond acceptors (Lipinski definition) is 3. The fourth-order valence-corrected chi connectivity index (χ4v) is 2.62. The summed E-state index contributed by atoms with van der Waals surface area (Å²) in [5, 5.41) is 2.92. The Balaban J connectivity index is 1.85. The third-order valence-electron chi connectivity index (χ3n) is 4.12.